The van der Waals surface area contributed by atoms with Crippen LogP contribution in [-0.4, -0.2) is 16.1 Å². The van der Waals surface area contributed by atoms with E-state index >= 15 is 0 Å². The molecule has 4 heteroatoms. The van der Waals surface area contributed by atoms with Crippen molar-refractivity contribution in [1.29, 1.82) is 0 Å². The van der Waals surface area contributed by atoms with Crippen molar-refractivity contribution in [3.05, 3.63) is 46.9 Å². The van der Waals surface area contributed by atoms with Crippen LogP contribution in [0.15, 0.2) is 36.4 Å². The summed E-state index contributed by atoms with van der Waals surface area (Å²) in [6.45, 7) is 8.70. The molecule has 3 nitrogen and oxygen atoms in total. The summed E-state index contributed by atoms with van der Waals surface area (Å²) in [6.07, 6.45) is 4.98. The molecule has 0 saturated carbocycles. The average molecular weight is 261 g/mol. The predicted octanol–water partition coefficient (Wildman–Crippen LogP) is 3.65. The molecular weight excluding hydrogens is 242 g/mol. The van der Waals surface area contributed by atoms with Crippen molar-refractivity contribution in [2.45, 2.75) is 26.3 Å². The number of aromatic nitrogens is 2. The third-order valence-corrected chi connectivity index (χ3v) is 3.71. The third-order valence-electron chi connectivity index (χ3n) is 2.81. The molecule has 2 aromatic heterocycles. The number of rotatable bonds is 6. The first-order valence-electron chi connectivity index (χ1n) is 6.13. The highest BCUT2D eigenvalue weighted by Crippen LogP contribution is 2.22. The molecule has 0 aliphatic carbocycles. The summed E-state index contributed by atoms with van der Waals surface area (Å²) in [5, 5.41) is 5.40. The minimum atomic E-state index is 0.400. The van der Waals surface area contributed by atoms with Gasteiger partial charge in [0.15, 0.2) is 0 Å². The molecule has 0 bridgehead atoms. The van der Waals surface area contributed by atoms with E-state index in [0.29, 0.717) is 6.04 Å². The van der Waals surface area contributed by atoms with Crippen LogP contribution in [0, 0.1) is 6.92 Å². The van der Waals surface area contributed by atoms with Crippen LogP contribution >= 0.6 is 11.3 Å². The fourth-order valence-electron chi connectivity index (χ4n) is 1.96. The fourth-order valence-corrected chi connectivity index (χ4v) is 2.79. The van der Waals surface area contributed by atoms with Crippen LogP contribution in [-0.2, 0) is 6.42 Å². The average Bonchev–Trinajstić information content (AvgIpc) is 2.96. The predicted molar refractivity (Wildman–Crippen MR) is 78.4 cm³/mol. The van der Waals surface area contributed by atoms with E-state index in [9.17, 15) is 0 Å². The summed E-state index contributed by atoms with van der Waals surface area (Å²) < 4.78 is 2.21. The summed E-state index contributed by atoms with van der Waals surface area (Å²) in [5.74, 6) is 0.927. The minimum Gasteiger partial charge on any atom is -0.352 e. The Labute approximate surface area is 112 Å². The van der Waals surface area contributed by atoms with Crippen molar-refractivity contribution in [2.24, 2.45) is 0 Å². The maximum absolute atomic E-state index is 4.51. The molecule has 96 valence electrons. The topological polar surface area (TPSA) is 29.9 Å². The summed E-state index contributed by atoms with van der Waals surface area (Å²) in [6, 6.07) is 4.68. The number of hydrogen-bond donors (Lipinski definition) is 1. The second-order valence-corrected chi connectivity index (χ2v) is 5.45. The largest absolute Gasteiger partial charge is 0.352 e. The van der Waals surface area contributed by atoms with Crippen molar-refractivity contribution < 1.29 is 0 Å². The van der Waals surface area contributed by atoms with Gasteiger partial charge >= 0.3 is 0 Å². The molecule has 1 atom stereocenters. The molecule has 2 heterocycles. The van der Waals surface area contributed by atoms with Crippen molar-refractivity contribution in [3.63, 3.8) is 0 Å². The molecule has 0 radical (unpaired) electrons. The van der Waals surface area contributed by atoms with Crippen LogP contribution in [0.25, 0.3) is 0 Å². The van der Waals surface area contributed by atoms with Gasteiger partial charge in [0.05, 0.1) is 5.69 Å². The SMILES string of the molecule is C=CCNc1nc(C)cn1C(C)Cc1cccs1. The van der Waals surface area contributed by atoms with E-state index in [1.54, 1.807) is 11.3 Å². The lowest BCUT2D eigenvalue weighted by Gasteiger charge is -2.15. The molecule has 2 rings (SSSR count). The molecular formula is C14H19N3S. The molecule has 0 saturated heterocycles. The number of nitrogens with zero attached hydrogens (tertiary/aromatic N) is 2. The number of aryl methyl sites for hydroxylation is 1. The Morgan fingerprint density at radius 2 is 2.44 bits per heavy atom. The van der Waals surface area contributed by atoms with Crippen LogP contribution in [0.2, 0.25) is 0 Å². The van der Waals surface area contributed by atoms with Gasteiger partial charge in [0.2, 0.25) is 5.95 Å². The van der Waals surface area contributed by atoms with Gasteiger partial charge in [0, 0.05) is 30.1 Å². The second-order valence-electron chi connectivity index (χ2n) is 4.42. The maximum atomic E-state index is 4.51. The Morgan fingerprint density at radius 1 is 1.61 bits per heavy atom. The second kappa shape index (κ2) is 5.87. The van der Waals surface area contributed by atoms with Gasteiger partial charge in [-0.2, -0.15) is 0 Å². The molecule has 0 spiro atoms. The molecule has 0 aliphatic heterocycles. The fraction of sp³-hybridized carbons (Fsp3) is 0.357. The summed E-state index contributed by atoms with van der Waals surface area (Å²) in [7, 11) is 0. The summed E-state index contributed by atoms with van der Waals surface area (Å²) in [4.78, 5) is 5.91. The van der Waals surface area contributed by atoms with Gasteiger partial charge in [-0.15, -0.1) is 17.9 Å². The molecule has 1 unspecified atom stereocenters. The molecule has 0 fully saturated rings. The van der Waals surface area contributed by atoms with Crippen LogP contribution in [0.3, 0.4) is 0 Å². The molecule has 0 aromatic carbocycles. The smallest absolute Gasteiger partial charge is 0.203 e. The summed E-state index contributed by atoms with van der Waals surface area (Å²) >= 11 is 1.81. The van der Waals surface area contributed by atoms with Gasteiger partial charge in [0.25, 0.3) is 0 Å². The minimum absolute atomic E-state index is 0.400. The van der Waals surface area contributed by atoms with E-state index in [0.717, 1.165) is 24.6 Å². The first-order chi connectivity index (χ1) is 8.70. The van der Waals surface area contributed by atoms with Gasteiger partial charge in [0.1, 0.15) is 0 Å². The van der Waals surface area contributed by atoms with Crippen molar-refractivity contribution >= 4 is 17.3 Å². The van der Waals surface area contributed by atoms with Crippen molar-refractivity contribution in [1.82, 2.24) is 9.55 Å². The number of hydrogen-bond acceptors (Lipinski definition) is 3. The van der Waals surface area contributed by atoms with Gasteiger partial charge in [-0.05, 0) is 25.3 Å². The lowest BCUT2D eigenvalue weighted by atomic mass is 10.2. The zero-order chi connectivity index (χ0) is 13.0. The first kappa shape index (κ1) is 12.9. The maximum Gasteiger partial charge on any atom is 0.203 e. The van der Waals surface area contributed by atoms with Crippen LogP contribution < -0.4 is 5.32 Å². The van der Waals surface area contributed by atoms with E-state index in [1.807, 2.05) is 13.0 Å². The standard InChI is InChI=1S/C14H19N3S/c1-4-7-15-14-16-11(2)10-17(14)12(3)9-13-6-5-8-18-13/h4-6,8,10,12H,1,7,9H2,2-3H3,(H,15,16). The lowest BCUT2D eigenvalue weighted by Crippen LogP contribution is -2.12. The Hall–Kier alpha value is -1.55. The third kappa shape index (κ3) is 3.01. The van der Waals surface area contributed by atoms with Gasteiger partial charge < -0.3 is 9.88 Å². The van der Waals surface area contributed by atoms with Gasteiger partial charge in [-0.3, -0.25) is 0 Å². The van der Waals surface area contributed by atoms with Gasteiger partial charge in [-0.1, -0.05) is 12.1 Å². The summed E-state index contributed by atoms with van der Waals surface area (Å²) in [5.41, 5.74) is 1.04. The van der Waals surface area contributed by atoms with Crippen molar-refractivity contribution in [3.8, 4) is 0 Å². The first-order valence-corrected chi connectivity index (χ1v) is 7.01. The lowest BCUT2D eigenvalue weighted by molar-refractivity contribution is 0.553. The highest BCUT2D eigenvalue weighted by Gasteiger charge is 2.12. The zero-order valence-corrected chi connectivity index (χ0v) is 11.7. The zero-order valence-electron chi connectivity index (χ0n) is 10.9. The molecule has 0 amide bonds. The van der Waals surface area contributed by atoms with Gasteiger partial charge in [-0.25, -0.2) is 4.98 Å². The quantitative estimate of drug-likeness (QED) is 0.804. The van der Waals surface area contributed by atoms with Crippen LogP contribution in [0.4, 0.5) is 5.95 Å². The van der Waals surface area contributed by atoms with Crippen LogP contribution in [0.5, 0.6) is 0 Å². The van der Waals surface area contributed by atoms with E-state index in [2.05, 4.69) is 52.1 Å². The monoisotopic (exact) mass is 261 g/mol. The Kier molecular flexibility index (Phi) is 4.20. The van der Waals surface area contributed by atoms with E-state index in [4.69, 9.17) is 0 Å². The van der Waals surface area contributed by atoms with Crippen molar-refractivity contribution in [2.75, 3.05) is 11.9 Å². The van der Waals surface area contributed by atoms with Crippen LogP contribution in [0.1, 0.15) is 23.5 Å². The molecule has 2 aromatic rings. The van der Waals surface area contributed by atoms with E-state index < -0.39 is 0 Å². The Bertz CT molecular complexity index is 499. The van der Waals surface area contributed by atoms with E-state index in [-0.39, 0.29) is 0 Å². The number of thiophene rings is 1. The Balaban J connectivity index is 2.13. The molecule has 0 aliphatic rings. The normalized spacial score (nSPS) is 12.3. The number of anilines is 1. The molecule has 1 N–H and O–H groups in total. The number of imidazole rings is 1. The number of nitrogens with one attached hydrogen (secondary N) is 1. The van der Waals surface area contributed by atoms with E-state index in [1.165, 1.54) is 4.88 Å². The highest BCUT2D eigenvalue weighted by molar-refractivity contribution is 7.09. The molecule has 18 heavy (non-hydrogen) atoms. The highest BCUT2D eigenvalue weighted by atomic mass is 32.1. The Morgan fingerprint density at radius 3 is 3.11 bits per heavy atom.